The fourth-order valence-electron chi connectivity index (χ4n) is 1.12. The van der Waals surface area contributed by atoms with Crippen molar-refractivity contribution in [2.45, 2.75) is 13.8 Å². The van der Waals surface area contributed by atoms with Gasteiger partial charge in [0.15, 0.2) is 4.96 Å². The van der Waals surface area contributed by atoms with Gasteiger partial charge in [-0.05, 0) is 13.8 Å². The third-order valence-corrected chi connectivity index (χ3v) is 2.51. The van der Waals surface area contributed by atoms with Crippen molar-refractivity contribution in [1.29, 1.82) is 0 Å². The van der Waals surface area contributed by atoms with Crippen LogP contribution in [0.15, 0.2) is 17.1 Å². The maximum absolute atomic E-state index is 11.3. The molecule has 0 aliphatic carbocycles. The molecule has 0 saturated carbocycles. The van der Waals surface area contributed by atoms with Crippen molar-refractivity contribution in [3.63, 3.8) is 0 Å². The molecule has 0 aliphatic rings. The Morgan fingerprint density at radius 3 is 3.00 bits per heavy atom. The van der Waals surface area contributed by atoms with Crippen molar-refractivity contribution in [3.8, 4) is 0 Å². The van der Waals surface area contributed by atoms with Gasteiger partial charge in [0.2, 0.25) is 0 Å². The summed E-state index contributed by atoms with van der Waals surface area (Å²) in [7, 11) is 0. The van der Waals surface area contributed by atoms with E-state index in [0.29, 0.717) is 0 Å². The van der Waals surface area contributed by atoms with E-state index >= 15 is 0 Å². The summed E-state index contributed by atoms with van der Waals surface area (Å²) in [6, 6.07) is 1.54. The lowest BCUT2D eigenvalue weighted by Gasteiger charge is -1.91. The molecule has 2 heterocycles. The number of nitrogens with zero attached hydrogens (tertiary/aromatic N) is 2. The van der Waals surface area contributed by atoms with E-state index in [-0.39, 0.29) is 5.56 Å². The summed E-state index contributed by atoms with van der Waals surface area (Å²) in [5.41, 5.74) is 0.781. The largest absolute Gasteiger partial charge is 0.269 e. The molecule has 12 heavy (non-hydrogen) atoms. The molecular weight excluding hydrogens is 172 g/mol. The molecule has 0 fully saturated rings. The SMILES string of the molecule is Cc1cc(=O)n2cc(C)sc2n1. The minimum Gasteiger partial charge on any atom is -0.269 e. The Balaban J connectivity index is 2.98. The summed E-state index contributed by atoms with van der Waals surface area (Å²) < 4.78 is 1.58. The van der Waals surface area contributed by atoms with Gasteiger partial charge in [0.05, 0.1) is 0 Å². The molecule has 0 aliphatic heterocycles. The molecule has 2 rings (SSSR count). The third kappa shape index (κ3) is 1.04. The Morgan fingerprint density at radius 1 is 1.50 bits per heavy atom. The first-order valence-electron chi connectivity index (χ1n) is 3.63. The second-order valence-corrected chi connectivity index (χ2v) is 3.94. The Morgan fingerprint density at radius 2 is 2.25 bits per heavy atom. The molecule has 3 nitrogen and oxygen atoms in total. The molecule has 0 unspecified atom stereocenters. The molecule has 4 heteroatoms. The predicted molar refractivity (Wildman–Crippen MR) is 48.8 cm³/mol. The predicted octanol–water partition coefficient (Wildman–Crippen LogP) is 1.37. The summed E-state index contributed by atoms with van der Waals surface area (Å²) in [6.45, 7) is 3.80. The number of hydrogen-bond donors (Lipinski definition) is 0. The molecule has 0 bridgehead atoms. The van der Waals surface area contributed by atoms with Crippen LogP contribution in [0.5, 0.6) is 0 Å². The van der Waals surface area contributed by atoms with Gasteiger partial charge >= 0.3 is 0 Å². The van der Waals surface area contributed by atoms with E-state index < -0.39 is 0 Å². The van der Waals surface area contributed by atoms with E-state index in [9.17, 15) is 4.79 Å². The van der Waals surface area contributed by atoms with Crippen molar-refractivity contribution in [2.24, 2.45) is 0 Å². The molecule has 0 saturated heterocycles. The van der Waals surface area contributed by atoms with Gasteiger partial charge in [0.25, 0.3) is 5.56 Å². The van der Waals surface area contributed by atoms with Crippen LogP contribution in [0.2, 0.25) is 0 Å². The van der Waals surface area contributed by atoms with E-state index in [1.807, 2.05) is 20.0 Å². The summed E-state index contributed by atoms with van der Waals surface area (Å²) in [4.78, 5) is 17.5. The quantitative estimate of drug-likeness (QED) is 0.613. The molecule has 0 aromatic carbocycles. The first-order chi connectivity index (χ1) is 5.66. The number of aromatic nitrogens is 2. The lowest BCUT2D eigenvalue weighted by molar-refractivity contribution is 1.04. The molecular formula is C8H8N2OS. The van der Waals surface area contributed by atoms with Crippen molar-refractivity contribution in [2.75, 3.05) is 0 Å². The van der Waals surface area contributed by atoms with Gasteiger partial charge < -0.3 is 0 Å². The average molecular weight is 180 g/mol. The van der Waals surface area contributed by atoms with Crippen LogP contribution in [-0.2, 0) is 0 Å². The van der Waals surface area contributed by atoms with Crippen LogP contribution in [0.3, 0.4) is 0 Å². The van der Waals surface area contributed by atoms with Crippen LogP contribution in [0, 0.1) is 13.8 Å². The average Bonchev–Trinajstić information content (AvgIpc) is 2.29. The fourth-order valence-corrected chi connectivity index (χ4v) is 2.00. The minimum absolute atomic E-state index is 0.00171. The number of thiazole rings is 1. The van der Waals surface area contributed by atoms with Gasteiger partial charge in [-0.1, -0.05) is 0 Å². The molecule has 0 N–H and O–H groups in total. The van der Waals surface area contributed by atoms with Crippen LogP contribution in [0.1, 0.15) is 10.6 Å². The Bertz CT molecular complexity index is 483. The molecule has 62 valence electrons. The maximum Gasteiger partial charge on any atom is 0.258 e. The lowest BCUT2D eigenvalue weighted by Crippen LogP contribution is -2.11. The van der Waals surface area contributed by atoms with E-state index in [1.165, 1.54) is 11.3 Å². The lowest BCUT2D eigenvalue weighted by atomic mass is 10.4. The van der Waals surface area contributed by atoms with E-state index in [0.717, 1.165) is 15.5 Å². The number of aryl methyl sites for hydroxylation is 2. The summed E-state index contributed by atoms with van der Waals surface area (Å²) in [6.07, 6.45) is 1.81. The van der Waals surface area contributed by atoms with Gasteiger partial charge in [0, 0.05) is 22.8 Å². The first kappa shape index (κ1) is 7.49. The highest BCUT2D eigenvalue weighted by Crippen LogP contribution is 2.12. The minimum atomic E-state index is 0.00171. The summed E-state index contributed by atoms with van der Waals surface area (Å²) >= 11 is 1.53. The van der Waals surface area contributed by atoms with Crippen LogP contribution >= 0.6 is 11.3 Å². The molecule has 0 radical (unpaired) electrons. The zero-order valence-corrected chi connectivity index (χ0v) is 7.68. The van der Waals surface area contributed by atoms with E-state index in [4.69, 9.17) is 0 Å². The molecule has 0 amide bonds. The topological polar surface area (TPSA) is 34.4 Å². The second-order valence-electron chi connectivity index (χ2n) is 2.73. The van der Waals surface area contributed by atoms with Crippen LogP contribution < -0.4 is 5.56 Å². The summed E-state index contributed by atoms with van der Waals surface area (Å²) in [5, 5.41) is 0. The Hall–Kier alpha value is -1.16. The highest BCUT2D eigenvalue weighted by Gasteiger charge is 2.01. The zero-order chi connectivity index (χ0) is 8.72. The highest BCUT2D eigenvalue weighted by atomic mass is 32.1. The van der Waals surface area contributed by atoms with Gasteiger partial charge in [-0.2, -0.15) is 0 Å². The van der Waals surface area contributed by atoms with E-state index in [1.54, 1.807) is 10.5 Å². The number of hydrogen-bond acceptors (Lipinski definition) is 3. The van der Waals surface area contributed by atoms with Crippen molar-refractivity contribution >= 4 is 16.3 Å². The first-order valence-corrected chi connectivity index (χ1v) is 4.45. The smallest absolute Gasteiger partial charge is 0.258 e. The fraction of sp³-hybridized carbons (Fsp3) is 0.250. The molecule has 0 atom stereocenters. The number of fused-ring (bicyclic) bond motifs is 1. The van der Waals surface area contributed by atoms with Crippen LogP contribution in [-0.4, -0.2) is 9.38 Å². The van der Waals surface area contributed by atoms with E-state index in [2.05, 4.69) is 4.98 Å². The Kier molecular flexibility index (Phi) is 1.51. The van der Waals surface area contributed by atoms with Crippen molar-refractivity contribution in [3.05, 3.63) is 33.2 Å². The molecule has 2 aromatic rings. The maximum atomic E-state index is 11.3. The van der Waals surface area contributed by atoms with Crippen molar-refractivity contribution in [1.82, 2.24) is 9.38 Å². The Labute approximate surface area is 73.3 Å². The monoisotopic (exact) mass is 180 g/mol. The van der Waals surface area contributed by atoms with Gasteiger partial charge in [0.1, 0.15) is 0 Å². The second kappa shape index (κ2) is 2.42. The standard InChI is InChI=1S/C8H8N2OS/c1-5-3-7(11)10-4-6(2)12-8(10)9-5/h3-4H,1-2H3. The van der Waals surface area contributed by atoms with Gasteiger partial charge in [-0.25, -0.2) is 4.98 Å². The number of rotatable bonds is 0. The van der Waals surface area contributed by atoms with Crippen LogP contribution in [0.4, 0.5) is 0 Å². The van der Waals surface area contributed by atoms with Crippen LogP contribution in [0.25, 0.3) is 4.96 Å². The van der Waals surface area contributed by atoms with Gasteiger partial charge in [-0.3, -0.25) is 9.20 Å². The normalized spacial score (nSPS) is 10.8. The molecule has 2 aromatic heterocycles. The third-order valence-electron chi connectivity index (χ3n) is 1.61. The highest BCUT2D eigenvalue weighted by molar-refractivity contribution is 7.16. The molecule has 0 spiro atoms. The van der Waals surface area contributed by atoms with Crippen molar-refractivity contribution < 1.29 is 0 Å². The zero-order valence-electron chi connectivity index (χ0n) is 6.87. The van der Waals surface area contributed by atoms with Gasteiger partial charge in [-0.15, -0.1) is 11.3 Å². The summed E-state index contributed by atoms with van der Waals surface area (Å²) in [5.74, 6) is 0.